The van der Waals surface area contributed by atoms with Gasteiger partial charge >= 0.3 is 0 Å². The maximum absolute atomic E-state index is 3.83. The van der Waals surface area contributed by atoms with Crippen LogP contribution in [0, 0.1) is 11.5 Å². The van der Waals surface area contributed by atoms with Crippen LogP contribution in [0.5, 0.6) is 0 Å². The average molecular weight is 345 g/mol. The number of rotatable bonds is 3. The van der Waals surface area contributed by atoms with Gasteiger partial charge in [0.15, 0.2) is 0 Å². The van der Waals surface area contributed by atoms with Crippen molar-refractivity contribution in [1.29, 1.82) is 0 Å². The molecule has 0 atom stereocenters. The Hall–Kier alpha value is -2.04. The zero-order valence-corrected chi connectivity index (χ0v) is 17.1. The minimum atomic E-state index is -1.61. The van der Waals surface area contributed by atoms with Crippen LogP contribution in [-0.4, -0.2) is 8.07 Å². The Morgan fingerprint density at radius 1 is 0.800 bits per heavy atom. The molecule has 0 aromatic heterocycles. The molecule has 3 rings (SSSR count). The highest BCUT2D eigenvalue weighted by atomic mass is 28.3. The van der Waals surface area contributed by atoms with E-state index in [-0.39, 0.29) is 0 Å². The molecule has 0 bridgehead atoms. The highest BCUT2D eigenvalue weighted by molar-refractivity contribution is 6.89. The van der Waals surface area contributed by atoms with Crippen LogP contribution in [0.4, 0.5) is 0 Å². The van der Waals surface area contributed by atoms with Crippen molar-refractivity contribution in [3.8, 4) is 11.5 Å². The summed E-state index contributed by atoms with van der Waals surface area (Å²) in [6, 6.07) is 20.9. The first-order valence-electron chi connectivity index (χ1n) is 9.42. The van der Waals surface area contributed by atoms with Gasteiger partial charge < -0.3 is 0 Å². The smallest absolute Gasteiger partial charge is 0.125 e. The summed E-state index contributed by atoms with van der Waals surface area (Å²) in [7, 11) is -1.61. The summed E-state index contributed by atoms with van der Waals surface area (Å²) in [6.45, 7) is 11.8. The van der Waals surface area contributed by atoms with Crippen molar-refractivity contribution in [2.24, 2.45) is 0 Å². The lowest BCUT2D eigenvalue weighted by molar-refractivity contribution is 0.900. The largest absolute Gasteiger partial charge is 0.143 e. The van der Waals surface area contributed by atoms with Crippen molar-refractivity contribution in [3.63, 3.8) is 0 Å². The summed E-state index contributed by atoms with van der Waals surface area (Å²) in [6.07, 6.45) is 0. The molecule has 0 aliphatic carbocycles. The van der Waals surface area contributed by atoms with Gasteiger partial charge in [-0.25, -0.2) is 0 Å². The molecule has 0 aliphatic rings. The van der Waals surface area contributed by atoms with E-state index in [0.29, 0.717) is 11.1 Å². The summed E-state index contributed by atoms with van der Waals surface area (Å²) in [5.74, 6) is 3.62. The molecule has 0 unspecified atom stereocenters. The third-order valence-corrected chi connectivity index (χ3v) is 11.7. The Morgan fingerprint density at radius 3 is 2.00 bits per heavy atom. The second kappa shape index (κ2) is 7.06. The van der Waals surface area contributed by atoms with Gasteiger partial charge in [-0.15, -0.1) is 5.54 Å². The number of fused-ring (bicyclic) bond motifs is 2. The Bertz CT molecular complexity index is 946. The van der Waals surface area contributed by atoms with Crippen LogP contribution in [-0.2, 0) is 0 Å². The molecule has 0 fully saturated rings. The van der Waals surface area contributed by atoms with Crippen molar-refractivity contribution >= 4 is 29.6 Å². The monoisotopic (exact) mass is 344 g/mol. The minimum absolute atomic E-state index is 0.681. The van der Waals surface area contributed by atoms with Gasteiger partial charge in [0, 0.05) is 5.56 Å². The standard InChI is InChI=1S/C24H28Si/c1-6-25(18(2)3,19(4)5)15-14-20-12-9-13-23-16-21-10-7-8-11-22(21)17-24(20)23/h7-13,16-19H,6H2,1-5H3. The van der Waals surface area contributed by atoms with Crippen LogP contribution >= 0.6 is 0 Å². The lowest BCUT2D eigenvalue weighted by Crippen LogP contribution is -2.39. The number of benzene rings is 3. The lowest BCUT2D eigenvalue weighted by Gasteiger charge is -2.33. The molecule has 0 spiro atoms. The zero-order valence-electron chi connectivity index (χ0n) is 16.1. The molecule has 0 amide bonds. The Labute approximate surface area is 153 Å². The third kappa shape index (κ3) is 3.24. The topological polar surface area (TPSA) is 0 Å². The van der Waals surface area contributed by atoms with Gasteiger partial charge in [0.2, 0.25) is 0 Å². The van der Waals surface area contributed by atoms with E-state index in [1.807, 2.05) is 0 Å². The van der Waals surface area contributed by atoms with E-state index in [0.717, 1.165) is 0 Å². The van der Waals surface area contributed by atoms with Crippen molar-refractivity contribution in [3.05, 3.63) is 60.2 Å². The van der Waals surface area contributed by atoms with E-state index < -0.39 is 8.07 Å². The predicted molar refractivity (Wildman–Crippen MR) is 115 cm³/mol. The fraction of sp³-hybridized carbons (Fsp3) is 0.333. The quantitative estimate of drug-likeness (QED) is 0.268. The van der Waals surface area contributed by atoms with Crippen molar-refractivity contribution < 1.29 is 0 Å². The number of hydrogen-bond donors (Lipinski definition) is 0. The first kappa shape index (κ1) is 17.8. The van der Waals surface area contributed by atoms with Gasteiger partial charge in [0.05, 0.1) is 0 Å². The molecular weight excluding hydrogens is 316 g/mol. The van der Waals surface area contributed by atoms with E-state index in [1.54, 1.807) is 0 Å². The minimum Gasteiger partial charge on any atom is -0.125 e. The van der Waals surface area contributed by atoms with E-state index in [2.05, 4.69) is 101 Å². The highest BCUT2D eigenvalue weighted by Gasteiger charge is 2.36. The van der Waals surface area contributed by atoms with E-state index in [4.69, 9.17) is 0 Å². The lowest BCUT2D eigenvalue weighted by atomic mass is 10.0. The van der Waals surface area contributed by atoms with E-state index in [1.165, 1.54) is 33.2 Å². The molecule has 3 aromatic rings. The molecule has 0 saturated carbocycles. The summed E-state index contributed by atoms with van der Waals surface area (Å²) < 4.78 is 0. The Morgan fingerprint density at radius 2 is 1.40 bits per heavy atom. The molecular formula is C24H28Si. The van der Waals surface area contributed by atoms with Gasteiger partial charge in [-0.05, 0) is 56.9 Å². The van der Waals surface area contributed by atoms with E-state index >= 15 is 0 Å². The van der Waals surface area contributed by atoms with Crippen LogP contribution in [0.25, 0.3) is 21.5 Å². The molecule has 128 valence electrons. The molecule has 1 heteroatoms. The normalized spacial score (nSPS) is 12.0. The van der Waals surface area contributed by atoms with Crippen molar-refractivity contribution in [2.75, 3.05) is 0 Å². The zero-order chi connectivity index (χ0) is 18.0. The van der Waals surface area contributed by atoms with E-state index in [9.17, 15) is 0 Å². The molecule has 0 radical (unpaired) electrons. The predicted octanol–water partition coefficient (Wildman–Crippen LogP) is 7.17. The Kier molecular flexibility index (Phi) is 5.02. The van der Waals surface area contributed by atoms with Gasteiger partial charge in [0.25, 0.3) is 0 Å². The summed E-state index contributed by atoms with van der Waals surface area (Å²) in [5, 5.41) is 5.14. The molecule has 0 N–H and O–H groups in total. The fourth-order valence-electron chi connectivity index (χ4n) is 4.12. The average Bonchev–Trinajstić information content (AvgIpc) is 2.60. The van der Waals surface area contributed by atoms with Crippen molar-refractivity contribution in [1.82, 2.24) is 0 Å². The van der Waals surface area contributed by atoms with Crippen LogP contribution in [0.2, 0.25) is 17.1 Å². The van der Waals surface area contributed by atoms with Crippen LogP contribution < -0.4 is 0 Å². The van der Waals surface area contributed by atoms with Gasteiger partial charge in [-0.2, -0.15) is 0 Å². The molecule has 0 saturated heterocycles. The third-order valence-electron chi connectivity index (χ3n) is 5.82. The Balaban J connectivity index is 2.18. The van der Waals surface area contributed by atoms with Crippen LogP contribution in [0.1, 0.15) is 40.2 Å². The second-order valence-electron chi connectivity index (χ2n) is 7.68. The highest BCUT2D eigenvalue weighted by Crippen LogP contribution is 2.35. The van der Waals surface area contributed by atoms with Gasteiger partial charge in [0.1, 0.15) is 8.07 Å². The first-order valence-corrected chi connectivity index (χ1v) is 11.8. The van der Waals surface area contributed by atoms with Gasteiger partial charge in [-0.1, -0.05) is 76.9 Å². The maximum atomic E-state index is 3.83. The summed E-state index contributed by atoms with van der Waals surface area (Å²) in [5.41, 5.74) is 6.37. The number of hydrogen-bond acceptors (Lipinski definition) is 0. The molecule has 25 heavy (non-hydrogen) atoms. The molecule has 0 aliphatic heterocycles. The second-order valence-corrected chi connectivity index (χ2v) is 13.0. The molecule has 0 heterocycles. The maximum Gasteiger partial charge on any atom is 0.143 e. The van der Waals surface area contributed by atoms with Crippen LogP contribution in [0.3, 0.4) is 0 Å². The summed E-state index contributed by atoms with van der Waals surface area (Å²) >= 11 is 0. The molecule has 0 nitrogen and oxygen atoms in total. The fourth-order valence-corrected chi connectivity index (χ4v) is 8.21. The van der Waals surface area contributed by atoms with Crippen LogP contribution in [0.15, 0.2) is 54.6 Å². The SMILES string of the molecule is CC[Si](C#Cc1cccc2cc3ccccc3cc12)(C(C)C)C(C)C. The molecule has 3 aromatic carbocycles. The van der Waals surface area contributed by atoms with Gasteiger partial charge in [-0.3, -0.25) is 0 Å². The summed E-state index contributed by atoms with van der Waals surface area (Å²) in [4.78, 5) is 0. The first-order chi connectivity index (χ1) is 12.0. The van der Waals surface area contributed by atoms with Crippen molar-refractivity contribution in [2.45, 2.75) is 51.7 Å².